The van der Waals surface area contributed by atoms with Gasteiger partial charge in [-0.15, -0.1) is 0 Å². The monoisotopic (exact) mass is 214 g/mol. The number of phenolic OH excluding ortho intramolecular Hbond substituents is 1. The van der Waals surface area contributed by atoms with Crippen LogP contribution in [0.4, 0.5) is 0 Å². The number of aromatic hydroxyl groups is 1. The summed E-state index contributed by atoms with van der Waals surface area (Å²) >= 11 is 0. The van der Waals surface area contributed by atoms with Gasteiger partial charge in [-0.05, 0) is 12.1 Å². The Labute approximate surface area is 65.3 Å². The summed E-state index contributed by atoms with van der Waals surface area (Å²) in [4.78, 5) is 0. The predicted octanol–water partition coefficient (Wildman–Crippen LogP) is 1.01. The zero-order valence-electron chi connectivity index (χ0n) is 4.33. The van der Waals surface area contributed by atoms with Crippen molar-refractivity contribution in [3.8, 4) is 5.75 Å². The molecule has 0 saturated carbocycles. The van der Waals surface area contributed by atoms with E-state index >= 15 is 0 Å². The van der Waals surface area contributed by atoms with Gasteiger partial charge in [-0.25, -0.2) is 0 Å². The van der Waals surface area contributed by atoms with Crippen molar-refractivity contribution in [3.63, 3.8) is 0 Å². The predicted molar refractivity (Wildman–Crippen MR) is 33.9 cm³/mol. The van der Waals surface area contributed by atoms with Crippen LogP contribution in [0, 0.1) is 0 Å². The number of phenols is 1. The maximum absolute atomic E-state index is 8.63. The van der Waals surface area contributed by atoms with Crippen molar-refractivity contribution in [3.05, 3.63) is 30.3 Å². The minimum Gasteiger partial charge on any atom is -0.508 e. The summed E-state index contributed by atoms with van der Waals surface area (Å²) < 4.78 is 0. The molecule has 0 heterocycles. The van der Waals surface area contributed by atoms with Crippen molar-refractivity contribution in [2.24, 2.45) is 0 Å². The van der Waals surface area contributed by atoms with Crippen molar-refractivity contribution >= 4 is 23.9 Å². The van der Waals surface area contributed by atoms with Crippen LogP contribution >= 0.6 is 0 Å². The third kappa shape index (κ3) is 2.21. The maximum Gasteiger partial charge on any atom is 0.115 e. The SMILES string of the molecule is Oc1ccccc1.[Sn]. The van der Waals surface area contributed by atoms with Crippen molar-refractivity contribution in [2.45, 2.75) is 0 Å². The third-order valence-corrected chi connectivity index (χ3v) is 0.756. The summed E-state index contributed by atoms with van der Waals surface area (Å²) in [5, 5.41) is 8.63. The fourth-order valence-corrected chi connectivity index (χ4v) is 0.428. The first-order chi connectivity index (χ1) is 3.39. The Morgan fingerprint density at radius 2 is 1.50 bits per heavy atom. The number of para-hydroxylation sites is 1. The van der Waals surface area contributed by atoms with Crippen LogP contribution in [-0.2, 0) is 0 Å². The molecule has 0 spiro atoms. The zero-order chi connectivity index (χ0) is 5.11. The number of benzene rings is 1. The van der Waals surface area contributed by atoms with Crippen LogP contribution in [0.15, 0.2) is 30.3 Å². The molecule has 0 aliphatic rings. The molecule has 0 saturated heterocycles. The van der Waals surface area contributed by atoms with Gasteiger partial charge in [0.1, 0.15) is 5.75 Å². The molecule has 0 aliphatic carbocycles. The molecule has 0 unspecified atom stereocenters. The molecule has 1 nitrogen and oxygen atoms in total. The molecular weight excluding hydrogens is 207 g/mol. The Balaban J connectivity index is 0.000000490. The van der Waals surface area contributed by atoms with E-state index in [1.807, 2.05) is 6.07 Å². The van der Waals surface area contributed by atoms with Crippen molar-refractivity contribution in [1.29, 1.82) is 0 Å². The second-order valence-corrected chi connectivity index (χ2v) is 1.34. The normalized spacial score (nSPS) is 7.50. The molecule has 0 atom stereocenters. The summed E-state index contributed by atoms with van der Waals surface area (Å²) in [7, 11) is 0. The molecule has 1 aromatic carbocycles. The zero-order valence-corrected chi connectivity index (χ0v) is 7.19. The number of hydrogen-bond acceptors (Lipinski definition) is 1. The molecular formula is C6H6OSn. The Bertz CT molecular complexity index is 138. The van der Waals surface area contributed by atoms with E-state index in [9.17, 15) is 0 Å². The van der Waals surface area contributed by atoms with E-state index in [4.69, 9.17) is 5.11 Å². The Kier molecular flexibility index (Phi) is 3.69. The van der Waals surface area contributed by atoms with E-state index in [2.05, 4.69) is 0 Å². The minimum atomic E-state index is 0. The van der Waals surface area contributed by atoms with Crippen molar-refractivity contribution < 1.29 is 5.11 Å². The van der Waals surface area contributed by atoms with Crippen LogP contribution < -0.4 is 0 Å². The molecule has 0 aliphatic heterocycles. The topological polar surface area (TPSA) is 20.2 Å². The third-order valence-electron chi connectivity index (χ3n) is 0.756. The van der Waals surface area contributed by atoms with Gasteiger partial charge in [-0.1, -0.05) is 18.2 Å². The van der Waals surface area contributed by atoms with Crippen LogP contribution in [0.25, 0.3) is 0 Å². The van der Waals surface area contributed by atoms with Crippen LogP contribution in [0.1, 0.15) is 0 Å². The molecule has 8 heavy (non-hydrogen) atoms. The van der Waals surface area contributed by atoms with Gasteiger partial charge in [-0.3, -0.25) is 0 Å². The Hall–Kier alpha value is -0.181. The van der Waals surface area contributed by atoms with E-state index in [1.165, 1.54) is 0 Å². The quantitative estimate of drug-likeness (QED) is 0.637. The van der Waals surface area contributed by atoms with Gasteiger partial charge < -0.3 is 5.11 Å². The smallest absolute Gasteiger partial charge is 0.115 e. The summed E-state index contributed by atoms with van der Waals surface area (Å²) in [6, 6.07) is 8.71. The molecule has 0 fully saturated rings. The van der Waals surface area contributed by atoms with Gasteiger partial charge in [0, 0.05) is 23.9 Å². The molecule has 40 valence electrons. The van der Waals surface area contributed by atoms with Gasteiger partial charge in [-0.2, -0.15) is 0 Å². The molecule has 0 amide bonds. The first-order valence-corrected chi connectivity index (χ1v) is 2.13. The van der Waals surface area contributed by atoms with E-state index in [0.29, 0.717) is 5.75 Å². The molecule has 1 aromatic rings. The molecule has 2 heteroatoms. The van der Waals surface area contributed by atoms with Crippen LogP contribution in [0.5, 0.6) is 5.75 Å². The van der Waals surface area contributed by atoms with E-state index in [-0.39, 0.29) is 23.9 Å². The fourth-order valence-electron chi connectivity index (χ4n) is 0.428. The maximum atomic E-state index is 8.63. The first kappa shape index (κ1) is 7.82. The van der Waals surface area contributed by atoms with Gasteiger partial charge in [0.25, 0.3) is 0 Å². The summed E-state index contributed by atoms with van der Waals surface area (Å²) in [6.07, 6.45) is 0. The number of hydrogen-bond donors (Lipinski definition) is 1. The Morgan fingerprint density at radius 3 is 1.75 bits per heavy atom. The van der Waals surface area contributed by atoms with E-state index < -0.39 is 0 Å². The largest absolute Gasteiger partial charge is 0.508 e. The standard InChI is InChI=1S/C6H6O.Sn/c7-6-4-2-1-3-5-6;/h1-5,7H;. The number of rotatable bonds is 0. The van der Waals surface area contributed by atoms with Gasteiger partial charge in [0.05, 0.1) is 0 Å². The van der Waals surface area contributed by atoms with Crippen LogP contribution in [0.2, 0.25) is 0 Å². The summed E-state index contributed by atoms with van der Waals surface area (Å²) in [6.45, 7) is 0. The molecule has 1 rings (SSSR count). The average Bonchev–Trinajstić information content (AvgIpc) is 1.69. The van der Waals surface area contributed by atoms with E-state index in [1.54, 1.807) is 24.3 Å². The fraction of sp³-hybridized carbons (Fsp3) is 0. The minimum absolute atomic E-state index is 0. The van der Waals surface area contributed by atoms with Crippen LogP contribution in [-0.4, -0.2) is 29.0 Å². The van der Waals surface area contributed by atoms with Crippen LogP contribution in [0.3, 0.4) is 0 Å². The van der Waals surface area contributed by atoms with Gasteiger partial charge in [0.2, 0.25) is 0 Å². The van der Waals surface area contributed by atoms with Crippen molar-refractivity contribution in [1.82, 2.24) is 0 Å². The first-order valence-electron chi connectivity index (χ1n) is 2.13. The second-order valence-electron chi connectivity index (χ2n) is 1.34. The van der Waals surface area contributed by atoms with E-state index in [0.717, 1.165) is 0 Å². The van der Waals surface area contributed by atoms with Gasteiger partial charge >= 0.3 is 0 Å². The summed E-state index contributed by atoms with van der Waals surface area (Å²) in [5.41, 5.74) is 0. The molecule has 0 bridgehead atoms. The van der Waals surface area contributed by atoms with Gasteiger partial charge in [0.15, 0.2) is 0 Å². The Morgan fingerprint density at radius 1 is 1.00 bits per heavy atom. The summed E-state index contributed by atoms with van der Waals surface area (Å²) in [5.74, 6) is 0.322. The average molecular weight is 213 g/mol. The second kappa shape index (κ2) is 3.78. The van der Waals surface area contributed by atoms with Crippen molar-refractivity contribution in [2.75, 3.05) is 0 Å². The molecule has 1 N–H and O–H groups in total. The molecule has 4 radical (unpaired) electrons. The molecule has 0 aromatic heterocycles.